The summed E-state index contributed by atoms with van der Waals surface area (Å²) in [6.45, 7) is 2.34. The van der Waals surface area contributed by atoms with Crippen molar-refractivity contribution in [3.63, 3.8) is 0 Å². The minimum absolute atomic E-state index is 0.0122. The number of hydrogen-bond acceptors (Lipinski definition) is 7. The van der Waals surface area contributed by atoms with Crippen LogP contribution in [0.3, 0.4) is 0 Å². The number of aromatic hydroxyl groups is 1. The summed E-state index contributed by atoms with van der Waals surface area (Å²) in [6.07, 6.45) is 0.920. The zero-order valence-electron chi connectivity index (χ0n) is 15.2. The van der Waals surface area contributed by atoms with Crippen molar-refractivity contribution in [3.8, 4) is 5.88 Å². The summed E-state index contributed by atoms with van der Waals surface area (Å²) in [7, 11) is 1.48. The van der Waals surface area contributed by atoms with Gasteiger partial charge in [0.2, 0.25) is 5.88 Å². The second-order valence-electron chi connectivity index (χ2n) is 5.66. The third-order valence-electron chi connectivity index (χ3n) is 3.60. The zero-order valence-corrected chi connectivity index (χ0v) is 16.0. The van der Waals surface area contributed by atoms with Crippen LogP contribution in [0.1, 0.15) is 11.1 Å². The molecule has 0 unspecified atom stereocenters. The molecule has 2 amide bonds. The van der Waals surface area contributed by atoms with Gasteiger partial charge in [0.05, 0.1) is 19.4 Å². The van der Waals surface area contributed by atoms with Crippen LogP contribution in [-0.2, 0) is 20.9 Å². The third kappa shape index (κ3) is 5.34. The number of amides is 2. The van der Waals surface area contributed by atoms with Crippen molar-refractivity contribution >= 4 is 35.9 Å². The number of aromatic nitrogens is 2. The molecule has 148 valence electrons. The molecule has 28 heavy (non-hydrogen) atoms. The van der Waals surface area contributed by atoms with Crippen LogP contribution in [0.5, 0.6) is 5.88 Å². The lowest BCUT2D eigenvalue weighted by atomic mass is 10.2. The predicted molar refractivity (Wildman–Crippen MR) is 105 cm³/mol. The number of methoxy groups -OCH3 is 1. The van der Waals surface area contributed by atoms with E-state index in [1.165, 1.54) is 11.7 Å². The lowest BCUT2D eigenvalue weighted by molar-refractivity contribution is -0.136. The fourth-order valence-corrected chi connectivity index (χ4v) is 2.38. The molecule has 10 nitrogen and oxygen atoms in total. The molecule has 0 radical (unpaired) electrons. The molecule has 0 saturated carbocycles. The van der Waals surface area contributed by atoms with E-state index in [1.807, 2.05) is 12.3 Å². The van der Waals surface area contributed by atoms with E-state index < -0.39 is 23.3 Å². The van der Waals surface area contributed by atoms with Crippen LogP contribution in [0.15, 0.2) is 34.2 Å². The first kappa shape index (κ1) is 21.0. The number of aromatic amines is 1. The van der Waals surface area contributed by atoms with Gasteiger partial charge in [0.25, 0.3) is 5.56 Å². The maximum absolute atomic E-state index is 12.0. The highest BCUT2D eigenvalue weighted by Crippen LogP contribution is 2.11. The fraction of sp³-hybridized carbons (Fsp3) is 0.235. The van der Waals surface area contributed by atoms with Crippen LogP contribution in [0.25, 0.3) is 0 Å². The third-order valence-corrected chi connectivity index (χ3v) is 3.92. The van der Waals surface area contributed by atoms with Gasteiger partial charge in [-0.05, 0) is 31.3 Å². The summed E-state index contributed by atoms with van der Waals surface area (Å²) < 4.78 is 6.17. The summed E-state index contributed by atoms with van der Waals surface area (Å²) in [5, 5.41) is 16.2. The Balaban J connectivity index is 2.08. The molecule has 0 aliphatic carbocycles. The van der Waals surface area contributed by atoms with E-state index in [1.54, 1.807) is 24.3 Å². The second kappa shape index (κ2) is 9.58. The van der Waals surface area contributed by atoms with Gasteiger partial charge in [0.15, 0.2) is 4.77 Å². The molecule has 0 aliphatic rings. The number of carbonyl (C=O) groups excluding carboxylic acids is 2. The van der Waals surface area contributed by atoms with Crippen LogP contribution in [0.2, 0.25) is 0 Å². The Hall–Kier alpha value is -3.31. The molecular weight excluding hydrogens is 386 g/mol. The Labute approximate surface area is 164 Å². The highest BCUT2D eigenvalue weighted by atomic mass is 32.1. The SMILES string of the molecule is COCCn1c(O)c(/C=N/NC(=O)C(=O)Nc2ccc(C)cc2)c(=O)[nH]c1=S. The number of benzene rings is 1. The van der Waals surface area contributed by atoms with Crippen molar-refractivity contribution in [2.75, 3.05) is 19.0 Å². The van der Waals surface area contributed by atoms with Crippen LogP contribution in [0, 0.1) is 11.7 Å². The number of ether oxygens (including phenoxy) is 1. The number of hydrogen-bond donors (Lipinski definition) is 4. The standard InChI is InChI=1S/C17H19N5O5S/c1-10-3-5-11(6-4-10)19-14(24)15(25)21-18-9-12-13(23)20-17(28)22(16(12)26)7-8-27-2/h3-6,9,26H,7-8H2,1-2H3,(H,19,24)(H,21,25)(H,20,23,28)/b18-9+. The first-order valence-corrected chi connectivity index (χ1v) is 8.50. The van der Waals surface area contributed by atoms with E-state index in [4.69, 9.17) is 17.0 Å². The summed E-state index contributed by atoms with van der Waals surface area (Å²) in [5.74, 6) is -2.41. The quantitative estimate of drug-likeness (QED) is 0.241. The maximum Gasteiger partial charge on any atom is 0.329 e. The maximum atomic E-state index is 12.0. The molecule has 0 aliphatic heterocycles. The molecule has 0 saturated heterocycles. The molecule has 1 aromatic carbocycles. The summed E-state index contributed by atoms with van der Waals surface area (Å²) in [6, 6.07) is 6.86. The second-order valence-corrected chi connectivity index (χ2v) is 6.05. The van der Waals surface area contributed by atoms with Gasteiger partial charge in [-0.2, -0.15) is 5.10 Å². The molecular formula is C17H19N5O5S. The molecule has 2 rings (SSSR count). The first-order valence-electron chi connectivity index (χ1n) is 8.09. The molecule has 0 spiro atoms. The lowest BCUT2D eigenvalue weighted by Crippen LogP contribution is -2.32. The molecule has 1 heterocycles. The molecule has 2 aromatic rings. The summed E-state index contributed by atoms with van der Waals surface area (Å²) >= 11 is 4.98. The monoisotopic (exact) mass is 405 g/mol. The van der Waals surface area contributed by atoms with Gasteiger partial charge in [0.1, 0.15) is 5.56 Å². The number of carbonyl (C=O) groups is 2. The van der Waals surface area contributed by atoms with Crippen LogP contribution in [-0.4, -0.2) is 46.4 Å². The molecule has 11 heteroatoms. The number of aryl methyl sites for hydroxylation is 1. The van der Waals surface area contributed by atoms with Crippen molar-refractivity contribution in [2.24, 2.45) is 5.10 Å². The lowest BCUT2D eigenvalue weighted by Gasteiger charge is -2.10. The van der Waals surface area contributed by atoms with Gasteiger partial charge in [0, 0.05) is 12.8 Å². The van der Waals surface area contributed by atoms with Crippen LogP contribution >= 0.6 is 12.2 Å². The smallest absolute Gasteiger partial charge is 0.329 e. The van der Waals surface area contributed by atoms with Gasteiger partial charge < -0.3 is 15.2 Å². The van der Waals surface area contributed by atoms with E-state index in [-0.39, 0.29) is 23.5 Å². The number of nitrogens with one attached hydrogen (secondary N) is 3. The summed E-state index contributed by atoms with van der Waals surface area (Å²) in [5.41, 5.74) is 2.51. The fourth-order valence-electron chi connectivity index (χ4n) is 2.11. The van der Waals surface area contributed by atoms with Crippen molar-refractivity contribution in [1.29, 1.82) is 0 Å². The van der Waals surface area contributed by atoms with Gasteiger partial charge >= 0.3 is 11.8 Å². The van der Waals surface area contributed by atoms with E-state index >= 15 is 0 Å². The van der Waals surface area contributed by atoms with E-state index in [9.17, 15) is 19.5 Å². The summed E-state index contributed by atoms with van der Waals surface area (Å²) in [4.78, 5) is 38.0. The van der Waals surface area contributed by atoms with Gasteiger partial charge in [-0.25, -0.2) is 5.43 Å². The largest absolute Gasteiger partial charge is 0.494 e. The normalized spacial score (nSPS) is 10.8. The van der Waals surface area contributed by atoms with Gasteiger partial charge in [-0.3, -0.25) is 23.9 Å². The minimum Gasteiger partial charge on any atom is -0.494 e. The number of H-pyrrole nitrogens is 1. The topological polar surface area (TPSA) is 138 Å². The van der Waals surface area contributed by atoms with E-state index in [0.29, 0.717) is 5.69 Å². The Morgan fingerprint density at radius 2 is 2.00 bits per heavy atom. The molecule has 1 aromatic heterocycles. The highest BCUT2D eigenvalue weighted by Gasteiger charge is 2.14. The Morgan fingerprint density at radius 3 is 2.64 bits per heavy atom. The van der Waals surface area contributed by atoms with Gasteiger partial charge in [-0.15, -0.1) is 0 Å². The highest BCUT2D eigenvalue weighted by molar-refractivity contribution is 7.71. The Bertz CT molecular complexity index is 1010. The van der Waals surface area contributed by atoms with Crippen molar-refractivity contribution in [2.45, 2.75) is 13.5 Å². The van der Waals surface area contributed by atoms with Crippen molar-refractivity contribution in [3.05, 3.63) is 50.5 Å². The predicted octanol–water partition coefficient (Wildman–Crippen LogP) is 0.655. The average Bonchev–Trinajstić information content (AvgIpc) is 2.65. The van der Waals surface area contributed by atoms with E-state index in [0.717, 1.165) is 11.8 Å². The van der Waals surface area contributed by atoms with Gasteiger partial charge in [-0.1, -0.05) is 17.7 Å². The number of rotatable bonds is 6. The van der Waals surface area contributed by atoms with Crippen molar-refractivity contribution < 1.29 is 19.4 Å². The first-order chi connectivity index (χ1) is 13.3. The Kier molecular flexibility index (Phi) is 7.18. The molecule has 4 N–H and O–H groups in total. The zero-order chi connectivity index (χ0) is 20.7. The number of anilines is 1. The minimum atomic E-state index is -1.04. The average molecular weight is 405 g/mol. The van der Waals surface area contributed by atoms with Crippen LogP contribution < -0.4 is 16.3 Å². The van der Waals surface area contributed by atoms with Crippen molar-refractivity contribution in [1.82, 2.24) is 15.0 Å². The number of hydrazone groups is 1. The molecule has 0 atom stereocenters. The molecule has 0 fully saturated rings. The van der Waals surface area contributed by atoms with E-state index in [2.05, 4.69) is 15.4 Å². The Morgan fingerprint density at radius 1 is 1.32 bits per heavy atom. The number of nitrogens with zero attached hydrogens (tertiary/aromatic N) is 2. The van der Waals surface area contributed by atoms with Crippen LogP contribution in [0.4, 0.5) is 5.69 Å². The molecule has 0 bridgehead atoms.